The highest BCUT2D eigenvalue weighted by Gasteiger charge is 2.18. The molecule has 0 saturated heterocycles. The number of halogens is 1. The smallest absolute Gasteiger partial charge is 0.228 e. The predicted molar refractivity (Wildman–Crippen MR) is 84.7 cm³/mol. The number of carbonyl (C=O) groups is 1. The van der Waals surface area contributed by atoms with Crippen molar-refractivity contribution in [1.29, 1.82) is 0 Å². The van der Waals surface area contributed by atoms with Gasteiger partial charge in [-0.25, -0.2) is 4.98 Å². The Morgan fingerprint density at radius 2 is 2.09 bits per heavy atom. The van der Waals surface area contributed by atoms with Crippen LogP contribution in [0.25, 0.3) is 11.5 Å². The average Bonchev–Trinajstić information content (AvgIpc) is 2.77. The highest BCUT2D eigenvalue weighted by Crippen LogP contribution is 2.28. The monoisotopic (exact) mass is 322 g/mol. The van der Waals surface area contributed by atoms with Crippen LogP contribution < -0.4 is 5.32 Å². The summed E-state index contributed by atoms with van der Waals surface area (Å²) >= 11 is 6.12. The van der Waals surface area contributed by atoms with Crippen LogP contribution in [0, 0.1) is 6.92 Å². The molecular formula is C16H19ClN2O3. The van der Waals surface area contributed by atoms with Gasteiger partial charge in [-0.2, -0.15) is 0 Å². The summed E-state index contributed by atoms with van der Waals surface area (Å²) in [7, 11) is 0. The number of oxazole rings is 1. The number of aliphatic hydroxyl groups is 1. The molecule has 6 heteroatoms. The summed E-state index contributed by atoms with van der Waals surface area (Å²) in [5.41, 5.74) is 0.302. The number of nitrogens with zero attached hydrogens (tertiary/aromatic N) is 1. The molecule has 0 saturated carbocycles. The number of carbonyl (C=O) groups excluding carboxylic acids is 1. The highest BCUT2D eigenvalue weighted by atomic mass is 35.5. The van der Waals surface area contributed by atoms with Gasteiger partial charge >= 0.3 is 0 Å². The third-order valence-electron chi connectivity index (χ3n) is 3.04. The SMILES string of the molecule is Cc1oc(-c2ccccc2Cl)nc1CC(=O)NCC(C)(C)O. The van der Waals surface area contributed by atoms with E-state index in [-0.39, 0.29) is 18.9 Å². The Kier molecular flexibility index (Phi) is 4.88. The number of nitrogens with one attached hydrogen (secondary N) is 1. The van der Waals surface area contributed by atoms with Gasteiger partial charge in [0, 0.05) is 6.54 Å². The molecule has 0 unspecified atom stereocenters. The van der Waals surface area contributed by atoms with Gasteiger partial charge in [0.15, 0.2) is 0 Å². The molecule has 0 bridgehead atoms. The van der Waals surface area contributed by atoms with Gasteiger partial charge in [0.2, 0.25) is 11.8 Å². The Balaban J connectivity index is 2.11. The first kappa shape index (κ1) is 16.5. The molecule has 1 heterocycles. The molecule has 0 aliphatic carbocycles. The van der Waals surface area contributed by atoms with Gasteiger partial charge in [-0.05, 0) is 32.9 Å². The van der Waals surface area contributed by atoms with E-state index in [1.54, 1.807) is 26.8 Å². The number of hydrogen-bond donors (Lipinski definition) is 2. The van der Waals surface area contributed by atoms with Gasteiger partial charge in [-0.3, -0.25) is 4.79 Å². The fourth-order valence-electron chi connectivity index (χ4n) is 1.87. The first-order valence-corrected chi connectivity index (χ1v) is 7.34. The predicted octanol–water partition coefficient (Wildman–Crippen LogP) is 2.73. The van der Waals surface area contributed by atoms with Gasteiger partial charge in [0.25, 0.3) is 0 Å². The maximum Gasteiger partial charge on any atom is 0.228 e. The van der Waals surface area contributed by atoms with E-state index in [0.717, 1.165) is 0 Å². The summed E-state index contributed by atoms with van der Waals surface area (Å²) < 4.78 is 5.60. The third-order valence-corrected chi connectivity index (χ3v) is 3.37. The van der Waals surface area contributed by atoms with Crippen molar-refractivity contribution in [2.75, 3.05) is 6.54 Å². The number of hydrogen-bond acceptors (Lipinski definition) is 4. The molecule has 0 fully saturated rings. The second-order valence-corrected chi connectivity index (χ2v) is 6.17. The quantitative estimate of drug-likeness (QED) is 0.887. The summed E-state index contributed by atoms with van der Waals surface area (Å²) in [6.45, 7) is 5.19. The summed E-state index contributed by atoms with van der Waals surface area (Å²) in [6.07, 6.45) is 0.0931. The van der Waals surface area contributed by atoms with E-state index in [1.807, 2.05) is 18.2 Å². The molecule has 0 spiro atoms. The van der Waals surface area contributed by atoms with Crippen molar-refractivity contribution in [2.45, 2.75) is 32.8 Å². The Morgan fingerprint density at radius 3 is 2.73 bits per heavy atom. The second kappa shape index (κ2) is 6.50. The summed E-state index contributed by atoms with van der Waals surface area (Å²) in [6, 6.07) is 7.24. The molecule has 1 aromatic heterocycles. The number of aromatic nitrogens is 1. The fourth-order valence-corrected chi connectivity index (χ4v) is 2.09. The van der Waals surface area contributed by atoms with Gasteiger partial charge in [0.1, 0.15) is 5.76 Å². The Morgan fingerprint density at radius 1 is 1.41 bits per heavy atom. The molecule has 2 N–H and O–H groups in total. The molecule has 0 atom stereocenters. The first-order chi connectivity index (χ1) is 10.3. The van der Waals surface area contributed by atoms with Crippen LogP contribution in [0.1, 0.15) is 25.3 Å². The average molecular weight is 323 g/mol. The molecular weight excluding hydrogens is 304 g/mol. The molecule has 2 rings (SSSR count). The zero-order valence-corrected chi connectivity index (χ0v) is 13.6. The second-order valence-electron chi connectivity index (χ2n) is 5.77. The van der Waals surface area contributed by atoms with E-state index in [9.17, 15) is 9.90 Å². The van der Waals surface area contributed by atoms with Crippen molar-refractivity contribution >= 4 is 17.5 Å². The normalized spacial score (nSPS) is 11.5. The minimum absolute atomic E-state index is 0.0931. The largest absolute Gasteiger partial charge is 0.441 e. The van der Waals surface area contributed by atoms with E-state index in [1.165, 1.54) is 0 Å². The molecule has 0 aliphatic heterocycles. The van der Waals surface area contributed by atoms with Gasteiger partial charge in [-0.15, -0.1) is 0 Å². The molecule has 1 aromatic carbocycles. The van der Waals surface area contributed by atoms with E-state index in [0.29, 0.717) is 27.9 Å². The summed E-state index contributed by atoms with van der Waals surface area (Å²) in [4.78, 5) is 16.2. The maximum atomic E-state index is 11.9. The Labute approximate surface area is 134 Å². The van der Waals surface area contributed by atoms with Gasteiger partial charge in [0.05, 0.1) is 28.3 Å². The van der Waals surface area contributed by atoms with Gasteiger partial charge < -0.3 is 14.8 Å². The Bertz CT molecular complexity index is 674. The van der Waals surface area contributed by atoms with E-state index >= 15 is 0 Å². The lowest BCUT2D eigenvalue weighted by atomic mass is 10.1. The molecule has 2 aromatic rings. The minimum atomic E-state index is -0.947. The van der Waals surface area contributed by atoms with Crippen molar-refractivity contribution < 1.29 is 14.3 Å². The molecule has 0 aliphatic rings. The summed E-state index contributed by atoms with van der Waals surface area (Å²) in [5, 5.41) is 12.8. The van der Waals surface area contributed by atoms with E-state index < -0.39 is 5.60 Å². The lowest BCUT2D eigenvalue weighted by Gasteiger charge is -2.17. The van der Waals surface area contributed by atoms with Crippen LogP contribution in [0.5, 0.6) is 0 Å². The van der Waals surface area contributed by atoms with Crippen LogP contribution in [0.2, 0.25) is 5.02 Å². The first-order valence-electron chi connectivity index (χ1n) is 6.96. The lowest BCUT2D eigenvalue weighted by Crippen LogP contribution is -2.38. The number of benzene rings is 1. The minimum Gasteiger partial charge on any atom is -0.441 e. The zero-order chi connectivity index (χ0) is 16.3. The van der Waals surface area contributed by atoms with E-state index in [4.69, 9.17) is 16.0 Å². The van der Waals surface area contributed by atoms with Crippen LogP contribution in [-0.2, 0) is 11.2 Å². The van der Waals surface area contributed by atoms with Gasteiger partial charge in [-0.1, -0.05) is 23.7 Å². The van der Waals surface area contributed by atoms with E-state index in [2.05, 4.69) is 10.3 Å². The standard InChI is InChI=1S/C16H19ClN2O3/c1-10-13(8-14(20)18-9-16(2,3)21)19-15(22-10)11-6-4-5-7-12(11)17/h4-7,21H,8-9H2,1-3H3,(H,18,20). The van der Waals surface area contributed by atoms with Crippen LogP contribution in [-0.4, -0.2) is 28.1 Å². The molecule has 0 radical (unpaired) electrons. The topological polar surface area (TPSA) is 75.4 Å². The third kappa shape index (κ3) is 4.32. The van der Waals surface area contributed by atoms with Crippen molar-refractivity contribution in [3.8, 4) is 11.5 Å². The van der Waals surface area contributed by atoms with Crippen molar-refractivity contribution in [1.82, 2.24) is 10.3 Å². The van der Waals surface area contributed by atoms with Crippen LogP contribution in [0.3, 0.4) is 0 Å². The highest BCUT2D eigenvalue weighted by molar-refractivity contribution is 6.33. The van der Waals surface area contributed by atoms with Crippen LogP contribution >= 0.6 is 11.6 Å². The van der Waals surface area contributed by atoms with Crippen LogP contribution in [0.15, 0.2) is 28.7 Å². The zero-order valence-electron chi connectivity index (χ0n) is 12.8. The molecule has 118 valence electrons. The molecule has 5 nitrogen and oxygen atoms in total. The van der Waals surface area contributed by atoms with Crippen molar-refractivity contribution in [3.63, 3.8) is 0 Å². The van der Waals surface area contributed by atoms with Crippen molar-refractivity contribution in [2.24, 2.45) is 0 Å². The summed E-state index contributed by atoms with van der Waals surface area (Å²) in [5.74, 6) is 0.756. The molecule has 22 heavy (non-hydrogen) atoms. The lowest BCUT2D eigenvalue weighted by molar-refractivity contribution is -0.121. The maximum absolute atomic E-state index is 11.9. The van der Waals surface area contributed by atoms with Crippen molar-refractivity contribution in [3.05, 3.63) is 40.7 Å². The molecule has 1 amide bonds. The number of aryl methyl sites for hydroxylation is 1. The van der Waals surface area contributed by atoms with Crippen LogP contribution in [0.4, 0.5) is 0 Å². The fraction of sp³-hybridized carbons (Fsp3) is 0.375. The number of amides is 1. The Hall–Kier alpha value is -1.85. The number of rotatable bonds is 5.